The van der Waals surface area contributed by atoms with E-state index < -0.39 is 0 Å². The summed E-state index contributed by atoms with van der Waals surface area (Å²) in [5.74, 6) is -0.00213. The van der Waals surface area contributed by atoms with Crippen molar-refractivity contribution >= 4 is 11.7 Å². The lowest BCUT2D eigenvalue weighted by molar-refractivity contribution is -0.135. The molecule has 12 heavy (non-hydrogen) atoms. The summed E-state index contributed by atoms with van der Waals surface area (Å²) < 4.78 is 0. The summed E-state index contributed by atoms with van der Waals surface area (Å²) in [5.41, 5.74) is 0.963. The fraction of sp³-hybridized carbons (Fsp3) is 0.556. The minimum atomic E-state index is -0.255. The van der Waals surface area contributed by atoms with Gasteiger partial charge in [-0.15, -0.1) is 0 Å². The summed E-state index contributed by atoms with van der Waals surface area (Å²) in [4.78, 5) is 23.7. The highest BCUT2D eigenvalue weighted by molar-refractivity contribution is 5.88. The monoisotopic (exact) mass is 167 g/mol. The molecule has 1 amide bonds. The Balaban J connectivity index is 2.79. The minimum absolute atomic E-state index is 0.0452. The molecule has 0 N–H and O–H groups in total. The number of Topliss-reactive ketones (excluding diaryl/α,β-unsaturated/α-hetero) is 1. The lowest BCUT2D eigenvalue weighted by Gasteiger charge is -2.19. The van der Waals surface area contributed by atoms with Crippen molar-refractivity contribution in [3.05, 3.63) is 12.2 Å². The number of hydrogen-bond donors (Lipinski definition) is 0. The van der Waals surface area contributed by atoms with Crippen molar-refractivity contribution in [2.24, 2.45) is 0 Å². The average Bonchev–Trinajstić information content (AvgIpc) is 2.31. The first-order valence-electron chi connectivity index (χ1n) is 3.96. The SMILES string of the molecule is C=C1C[C@@H](C(C)=O)N(C(C)=O)C1. The van der Waals surface area contributed by atoms with Crippen molar-refractivity contribution in [3.63, 3.8) is 0 Å². The third-order valence-electron chi connectivity index (χ3n) is 2.13. The van der Waals surface area contributed by atoms with Gasteiger partial charge in [-0.1, -0.05) is 12.2 Å². The van der Waals surface area contributed by atoms with Crippen LogP contribution in [0.3, 0.4) is 0 Å². The predicted octanol–water partition coefficient (Wildman–Crippen LogP) is 0.752. The van der Waals surface area contributed by atoms with Gasteiger partial charge in [0.15, 0.2) is 5.78 Å². The highest BCUT2D eigenvalue weighted by Crippen LogP contribution is 2.21. The van der Waals surface area contributed by atoms with Gasteiger partial charge in [-0.05, 0) is 13.3 Å². The van der Waals surface area contributed by atoms with E-state index in [9.17, 15) is 9.59 Å². The van der Waals surface area contributed by atoms with Crippen LogP contribution in [0.1, 0.15) is 20.3 Å². The lowest BCUT2D eigenvalue weighted by atomic mass is 10.1. The fourth-order valence-corrected chi connectivity index (χ4v) is 1.49. The number of ketones is 1. The molecule has 3 nitrogen and oxygen atoms in total. The third kappa shape index (κ3) is 1.55. The van der Waals surface area contributed by atoms with Crippen LogP contribution in [0.4, 0.5) is 0 Å². The molecule has 1 aliphatic heterocycles. The Morgan fingerprint density at radius 2 is 2.08 bits per heavy atom. The molecule has 0 aromatic heterocycles. The van der Waals surface area contributed by atoms with Gasteiger partial charge in [0.1, 0.15) is 0 Å². The predicted molar refractivity (Wildman–Crippen MR) is 45.6 cm³/mol. The second-order valence-electron chi connectivity index (χ2n) is 3.23. The first-order valence-corrected chi connectivity index (χ1v) is 3.96. The molecule has 1 saturated heterocycles. The van der Waals surface area contributed by atoms with Gasteiger partial charge in [-0.25, -0.2) is 0 Å². The third-order valence-corrected chi connectivity index (χ3v) is 2.13. The van der Waals surface area contributed by atoms with Gasteiger partial charge < -0.3 is 4.90 Å². The van der Waals surface area contributed by atoms with Crippen molar-refractivity contribution in [3.8, 4) is 0 Å². The lowest BCUT2D eigenvalue weighted by Crippen LogP contribution is -2.37. The zero-order valence-corrected chi connectivity index (χ0v) is 7.46. The highest BCUT2D eigenvalue weighted by atomic mass is 16.2. The molecule has 0 saturated carbocycles. The highest BCUT2D eigenvalue weighted by Gasteiger charge is 2.31. The first kappa shape index (κ1) is 8.97. The van der Waals surface area contributed by atoms with E-state index in [1.54, 1.807) is 4.90 Å². The van der Waals surface area contributed by atoms with Crippen molar-refractivity contribution in [1.29, 1.82) is 0 Å². The largest absolute Gasteiger partial charge is 0.329 e. The number of nitrogens with zero attached hydrogens (tertiary/aromatic N) is 1. The molecule has 1 atom stereocenters. The number of carbonyl (C=O) groups excluding carboxylic acids is 2. The van der Waals surface area contributed by atoms with Crippen LogP contribution in [0.25, 0.3) is 0 Å². The molecule has 0 aliphatic carbocycles. The summed E-state index contributed by atoms with van der Waals surface area (Å²) in [7, 11) is 0. The smallest absolute Gasteiger partial charge is 0.220 e. The number of likely N-dealkylation sites (tertiary alicyclic amines) is 1. The van der Waals surface area contributed by atoms with Gasteiger partial charge in [0.25, 0.3) is 0 Å². The van der Waals surface area contributed by atoms with Crippen molar-refractivity contribution in [1.82, 2.24) is 4.90 Å². The second-order valence-corrected chi connectivity index (χ2v) is 3.23. The Kier molecular flexibility index (Phi) is 2.31. The van der Waals surface area contributed by atoms with E-state index in [2.05, 4.69) is 6.58 Å². The summed E-state index contributed by atoms with van der Waals surface area (Å²) in [6.07, 6.45) is 0.634. The molecule has 1 aliphatic rings. The quantitative estimate of drug-likeness (QED) is 0.540. The molecular formula is C9H13NO2. The molecule has 3 heteroatoms. The topological polar surface area (TPSA) is 37.4 Å². The standard InChI is InChI=1S/C9H13NO2/c1-6-4-9(7(2)11)10(5-6)8(3)12/h9H,1,4-5H2,2-3H3/t9-/m0/s1. The van der Waals surface area contributed by atoms with Crippen molar-refractivity contribution in [2.45, 2.75) is 26.3 Å². The molecule has 1 rings (SSSR count). The molecule has 0 aromatic carbocycles. The van der Waals surface area contributed by atoms with Crippen LogP contribution < -0.4 is 0 Å². The molecule has 0 bridgehead atoms. The van der Waals surface area contributed by atoms with E-state index in [1.165, 1.54) is 13.8 Å². The Labute approximate surface area is 72.0 Å². The Bertz CT molecular complexity index is 221. The van der Waals surface area contributed by atoms with Crippen molar-refractivity contribution in [2.75, 3.05) is 6.54 Å². The van der Waals surface area contributed by atoms with Gasteiger partial charge in [0.05, 0.1) is 6.04 Å². The maximum atomic E-state index is 11.1. The van der Waals surface area contributed by atoms with Gasteiger partial charge in [-0.2, -0.15) is 0 Å². The second kappa shape index (κ2) is 3.09. The molecule has 0 spiro atoms. The maximum absolute atomic E-state index is 11.1. The van der Waals surface area contributed by atoms with Gasteiger partial charge in [-0.3, -0.25) is 9.59 Å². The molecular weight excluding hydrogens is 154 g/mol. The van der Waals surface area contributed by atoms with E-state index in [0.717, 1.165) is 5.57 Å². The maximum Gasteiger partial charge on any atom is 0.220 e. The molecule has 0 aromatic rings. The molecule has 66 valence electrons. The van der Waals surface area contributed by atoms with E-state index >= 15 is 0 Å². The molecule has 0 radical (unpaired) electrons. The van der Waals surface area contributed by atoms with E-state index in [1.807, 2.05) is 0 Å². The summed E-state index contributed by atoms with van der Waals surface area (Å²) >= 11 is 0. The normalized spacial score (nSPS) is 23.0. The Hall–Kier alpha value is -1.12. The number of hydrogen-bond acceptors (Lipinski definition) is 2. The molecule has 0 unspecified atom stereocenters. The molecule has 1 fully saturated rings. The minimum Gasteiger partial charge on any atom is -0.329 e. The Morgan fingerprint density at radius 1 is 1.50 bits per heavy atom. The number of carbonyl (C=O) groups is 2. The van der Waals surface area contributed by atoms with Crippen molar-refractivity contribution < 1.29 is 9.59 Å². The van der Waals surface area contributed by atoms with Crippen LogP contribution >= 0.6 is 0 Å². The van der Waals surface area contributed by atoms with Gasteiger partial charge in [0, 0.05) is 13.5 Å². The number of amides is 1. The van der Waals surface area contributed by atoms with Crippen LogP contribution in [-0.2, 0) is 9.59 Å². The fourth-order valence-electron chi connectivity index (χ4n) is 1.49. The van der Waals surface area contributed by atoms with Gasteiger partial charge in [0.2, 0.25) is 5.91 Å². The van der Waals surface area contributed by atoms with Crippen LogP contribution in [0, 0.1) is 0 Å². The van der Waals surface area contributed by atoms with Crippen LogP contribution in [0.15, 0.2) is 12.2 Å². The van der Waals surface area contributed by atoms with E-state index in [-0.39, 0.29) is 17.7 Å². The van der Waals surface area contributed by atoms with Crippen LogP contribution in [0.2, 0.25) is 0 Å². The number of rotatable bonds is 1. The first-order chi connectivity index (χ1) is 5.52. The zero-order chi connectivity index (χ0) is 9.30. The Morgan fingerprint density at radius 3 is 2.42 bits per heavy atom. The van der Waals surface area contributed by atoms with Crippen LogP contribution in [-0.4, -0.2) is 29.2 Å². The van der Waals surface area contributed by atoms with Gasteiger partial charge >= 0.3 is 0 Å². The zero-order valence-electron chi connectivity index (χ0n) is 7.46. The molecule has 1 heterocycles. The summed E-state index contributed by atoms with van der Waals surface area (Å²) in [5, 5.41) is 0. The van der Waals surface area contributed by atoms with E-state index in [0.29, 0.717) is 13.0 Å². The van der Waals surface area contributed by atoms with E-state index in [4.69, 9.17) is 0 Å². The van der Waals surface area contributed by atoms with Crippen LogP contribution in [0.5, 0.6) is 0 Å². The average molecular weight is 167 g/mol. The summed E-state index contributed by atoms with van der Waals surface area (Å²) in [6, 6.07) is -0.255. The summed E-state index contributed by atoms with van der Waals surface area (Å²) in [6.45, 7) is 7.31.